The molecule has 37 heavy (non-hydrogen) atoms. The largest absolute Gasteiger partial charge is 0.492 e. The normalized spacial score (nSPS) is 15.7. The average molecular weight is 504 g/mol. The predicted octanol–water partition coefficient (Wildman–Crippen LogP) is 2.07. The molecular formula is C28H33N5O4. The van der Waals surface area contributed by atoms with Crippen LogP contribution in [0.1, 0.15) is 41.0 Å². The summed E-state index contributed by atoms with van der Waals surface area (Å²) in [5, 5.41) is 8.30. The van der Waals surface area contributed by atoms with Gasteiger partial charge in [0.15, 0.2) is 0 Å². The highest BCUT2D eigenvalue weighted by atomic mass is 16.5. The van der Waals surface area contributed by atoms with Crippen LogP contribution in [0.2, 0.25) is 0 Å². The van der Waals surface area contributed by atoms with E-state index >= 15 is 0 Å². The minimum absolute atomic E-state index is 0.0662. The Bertz CT molecular complexity index is 1420. The molecule has 5 rings (SSSR count). The maximum absolute atomic E-state index is 13.7. The van der Waals surface area contributed by atoms with Gasteiger partial charge in [-0.1, -0.05) is 24.3 Å². The van der Waals surface area contributed by atoms with Crippen LogP contribution in [0.3, 0.4) is 0 Å². The fraction of sp³-hybridized carbons (Fsp3) is 0.429. The first-order valence-corrected chi connectivity index (χ1v) is 12.7. The molecule has 0 radical (unpaired) electrons. The van der Waals surface area contributed by atoms with Gasteiger partial charge in [0.05, 0.1) is 28.8 Å². The molecule has 3 heterocycles. The van der Waals surface area contributed by atoms with E-state index in [2.05, 4.69) is 16.3 Å². The van der Waals surface area contributed by atoms with Crippen LogP contribution in [0.15, 0.2) is 41.2 Å². The van der Waals surface area contributed by atoms with Gasteiger partial charge in [-0.3, -0.25) is 19.3 Å². The van der Waals surface area contributed by atoms with Gasteiger partial charge in [0.2, 0.25) is 5.91 Å². The van der Waals surface area contributed by atoms with Gasteiger partial charge in [-0.2, -0.15) is 5.10 Å². The molecule has 9 nitrogen and oxygen atoms in total. The van der Waals surface area contributed by atoms with Crippen molar-refractivity contribution in [2.45, 2.75) is 32.2 Å². The maximum Gasteiger partial charge on any atom is 0.272 e. The first-order valence-electron chi connectivity index (χ1n) is 12.7. The van der Waals surface area contributed by atoms with Crippen molar-refractivity contribution in [3.8, 4) is 5.75 Å². The van der Waals surface area contributed by atoms with E-state index in [4.69, 9.17) is 4.74 Å². The van der Waals surface area contributed by atoms with E-state index in [1.165, 1.54) is 0 Å². The van der Waals surface area contributed by atoms with Gasteiger partial charge in [0.1, 0.15) is 5.75 Å². The van der Waals surface area contributed by atoms with E-state index in [-0.39, 0.29) is 17.4 Å². The molecule has 9 heteroatoms. The van der Waals surface area contributed by atoms with Crippen LogP contribution in [0.25, 0.3) is 10.8 Å². The molecule has 0 aliphatic carbocycles. The van der Waals surface area contributed by atoms with Gasteiger partial charge in [-0.25, -0.2) is 5.10 Å². The third-order valence-corrected chi connectivity index (χ3v) is 7.72. The fourth-order valence-electron chi connectivity index (χ4n) is 5.00. The van der Waals surface area contributed by atoms with Gasteiger partial charge in [-0.15, -0.1) is 0 Å². The highest BCUT2D eigenvalue weighted by molar-refractivity contribution is 5.98. The van der Waals surface area contributed by atoms with Crippen molar-refractivity contribution >= 4 is 22.6 Å². The summed E-state index contributed by atoms with van der Waals surface area (Å²) in [5.74, 6) is 0.634. The molecule has 1 fully saturated rings. The summed E-state index contributed by atoms with van der Waals surface area (Å²) in [6, 6.07) is 11.4. The van der Waals surface area contributed by atoms with Crippen molar-refractivity contribution in [3.63, 3.8) is 0 Å². The summed E-state index contributed by atoms with van der Waals surface area (Å²) in [5.41, 5.74) is 2.43. The van der Waals surface area contributed by atoms with Crippen LogP contribution < -0.4 is 10.3 Å². The molecule has 2 aliphatic rings. The number of aromatic nitrogens is 2. The van der Waals surface area contributed by atoms with Gasteiger partial charge in [0.25, 0.3) is 11.5 Å². The number of carbonyl (C=O) groups excluding carboxylic acids is 2. The number of hydrogen-bond acceptors (Lipinski definition) is 6. The number of amides is 2. The third kappa shape index (κ3) is 4.59. The van der Waals surface area contributed by atoms with Crippen molar-refractivity contribution in [2.75, 3.05) is 46.9 Å². The molecule has 0 spiro atoms. The molecule has 2 amide bonds. The van der Waals surface area contributed by atoms with Gasteiger partial charge >= 0.3 is 0 Å². The summed E-state index contributed by atoms with van der Waals surface area (Å²) >= 11 is 0. The molecule has 194 valence electrons. The Morgan fingerprint density at radius 2 is 1.73 bits per heavy atom. The number of rotatable bonds is 5. The topological polar surface area (TPSA) is 98.8 Å². The number of nitrogens with one attached hydrogen (secondary N) is 1. The Balaban J connectivity index is 1.38. The number of likely N-dealkylation sites (N-methyl/N-ethyl adjacent to an activating group) is 1. The van der Waals surface area contributed by atoms with E-state index in [9.17, 15) is 14.4 Å². The average Bonchev–Trinajstić information content (AvgIpc) is 3.38. The van der Waals surface area contributed by atoms with Gasteiger partial charge in [0, 0.05) is 44.4 Å². The number of hydrogen-bond donors (Lipinski definition) is 1. The lowest BCUT2D eigenvalue weighted by Crippen LogP contribution is -2.58. The van der Waals surface area contributed by atoms with Crippen LogP contribution in [0, 0.1) is 0 Å². The Morgan fingerprint density at radius 1 is 1.05 bits per heavy atom. The number of ether oxygens (including phenoxy) is 1. The minimum Gasteiger partial charge on any atom is -0.492 e. The van der Waals surface area contributed by atoms with Crippen molar-refractivity contribution < 1.29 is 14.3 Å². The molecule has 1 N–H and O–H groups in total. The summed E-state index contributed by atoms with van der Waals surface area (Å²) in [6.07, 6.45) is 1.22. The molecule has 2 aliphatic heterocycles. The number of nitrogens with zero attached hydrogens (tertiary/aromatic N) is 4. The van der Waals surface area contributed by atoms with Crippen LogP contribution in [0.4, 0.5) is 0 Å². The highest BCUT2D eigenvalue weighted by Crippen LogP contribution is 2.33. The smallest absolute Gasteiger partial charge is 0.272 e. The molecule has 1 aromatic heterocycles. The predicted molar refractivity (Wildman–Crippen MR) is 141 cm³/mol. The van der Waals surface area contributed by atoms with Crippen molar-refractivity contribution in [1.82, 2.24) is 24.9 Å². The molecule has 0 atom stereocenters. The van der Waals surface area contributed by atoms with Crippen molar-refractivity contribution in [2.24, 2.45) is 0 Å². The highest BCUT2D eigenvalue weighted by Gasteiger charge is 2.36. The zero-order chi connectivity index (χ0) is 26.3. The number of piperazine rings is 1. The second-order valence-corrected chi connectivity index (χ2v) is 10.5. The van der Waals surface area contributed by atoms with E-state index in [1.54, 1.807) is 11.0 Å². The summed E-state index contributed by atoms with van der Waals surface area (Å²) < 4.78 is 5.88. The van der Waals surface area contributed by atoms with Gasteiger partial charge in [-0.05, 0) is 51.2 Å². The molecule has 0 bridgehead atoms. The number of benzene rings is 2. The Kier molecular flexibility index (Phi) is 6.49. The van der Waals surface area contributed by atoms with Crippen molar-refractivity contribution in [3.05, 3.63) is 69.1 Å². The lowest BCUT2D eigenvalue weighted by atomic mass is 9.97. The zero-order valence-corrected chi connectivity index (χ0v) is 21.8. The molecule has 2 aromatic carbocycles. The van der Waals surface area contributed by atoms with Crippen LogP contribution in [-0.2, 0) is 17.6 Å². The molecule has 3 aromatic rings. The van der Waals surface area contributed by atoms with Crippen LogP contribution >= 0.6 is 0 Å². The number of aromatic amines is 1. The minimum atomic E-state index is -0.602. The second-order valence-electron chi connectivity index (χ2n) is 10.5. The SMILES string of the molecule is CN(C)C(C)(C)C(=O)N1CCN(C(=O)c2cc(Cc3n[nH]c(=O)c4ccccc34)cc3c2OCC3)CC1. The van der Waals surface area contributed by atoms with E-state index < -0.39 is 5.54 Å². The summed E-state index contributed by atoms with van der Waals surface area (Å²) in [6.45, 7) is 6.31. The fourth-order valence-corrected chi connectivity index (χ4v) is 5.00. The summed E-state index contributed by atoms with van der Waals surface area (Å²) in [7, 11) is 3.80. The number of carbonyl (C=O) groups is 2. The molecule has 0 unspecified atom stereocenters. The Hall–Kier alpha value is -3.72. The Morgan fingerprint density at radius 3 is 2.43 bits per heavy atom. The lowest BCUT2D eigenvalue weighted by Gasteiger charge is -2.40. The van der Waals surface area contributed by atoms with Crippen LogP contribution in [-0.4, -0.2) is 89.1 Å². The van der Waals surface area contributed by atoms with E-state index in [0.717, 1.165) is 28.6 Å². The first kappa shape index (κ1) is 25.0. The molecule has 1 saturated heterocycles. The summed E-state index contributed by atoms with van der Waals surface area (Å²) in [4.78, 5) is 44.5. The quantitative estimate of drug-likeness (QED) is 0.573. The third-order valence-electron chi connectivity index (χ3n) is 7.72. The number of H-pyrrole nitrogens is 1. The maximum atomic E-state index is 13.7. The lowest BCUT2D eigenvalue weighted by molar-refractivity contribution is -0.142. The second kappa shape index (κ2) is 9.63. The van der Waals surface area contributed by atoms with E-state index in [1.807, 2.05) is 62.0 Å². The zero-order valence-electron chi connectivity index (χ0n) is 21.8. The number of fused-ring (bicyclic) bond motifs is 2. The molecular weight excluding hydrogens is 470 g/mol. The monoisotopic (exact) mass is 503 g/mol. The Labute approximate surface area is 216 Å². The molecule has 0 saturated carbocycles. The van der Waals surface area contributed by atoms with Crippen molar-refractivity contribution in [1.29, 1.82) is 0 Å². The van der Waals surface area contributed by atoms with Gasteiger partial charge < -0.3 is 14.5 Å². The van der Waals surface area contributed by atoms with E-state index in [0.29, 0.717) is 55.9 Å². The first-order chi connectivity index (χ1) is 17.7. The standard InChI is InChI=1S/C28H33N5O4/c1-28(2,31(3)4)27(36)33-12-10-32(11-13-33)26(35)22-16-18(15-19-9-14-37-24(19)22)17-23-20-7-5-6-8-21(20)25(34)30-29-23/h5-8,15-16H,9-14,17H2,1-4H3,(H,30,34). The van der Waals surface area contributed by atoms with Crippen LogP contribution in [0.5, 0.6) is 5.75 Å².